The molecule has 1 heterocycles. The smallest absolute Gasteiger partial charge is 0.305 e. The Morgan fingerprint density at radius 3 is 2.94 bits per heavy atom. The molecule has 0 bridgehead atoms. The fraction of sp³-hybridized carbons (Fsp3) is 0.100. The van der Waals surface area contributed by atoms with Gasteiger partial charge in [0.2, 0.25) is 5.82 Å². The number of benzene rings is 1. The molecule has 16 heavy (non-hydrogen) atoms. The third kappa shape index (κ3) is 1.90. The second kappa shape index (κ2) is 4.09. The fourth-order valence-corrected chi connectivity index (χ4v) is 1.41. The van der Waals surface area contributed by atoms with Gasteiger partial charge in [0.05, 0.1) is 17.8 Å². The first-order valence-corrected chi connectivity index (χ1v) is 4.56. The van der Waals surface area contributed by atoms with Gasteiger partial charge in [-0.2, -0.15) is 4.39 Å². The van der Waals surface area contributed by atoms with Gasteiger partial charge in [-0.05, 0) is 0 Å². The first-order valence-electron chi connectivity index (χ1n) is 4.56. The summed E-state index contributed by atoms with van der Waals surface area (Å²) in [6.07, 6.45) is 4.76. The summed E-state index contributed by atoms with van der Waals surface area (Å²) in [5.41, 5.74) is -0.232. The van der Waals surface area contributed by atoms with Crippen molar-refractivity contribution in [2.24, 2.45) is 0 Å². The Labute approximate surface area is 90.3 Å². The van der Waals surface area contributed by atoms with Crippen LogP contribution in [0.3, 0.4) is 0 Å². The van der Waals surface area contributed by atoms with Crippen molar-refractivity contribution in [3.05, 3.63) is 58.4 Å². The van der Waals surface area contributed by atoms with Gasteiger partial charge in [0.1, 0.15) is 0 Å². The van der Waals surface area contributed by atoms with Crippen molar-refractivity contribution in [3.63, 3.8) is 0 Å². The summed E-state index contributed by atoms with van der Waals surface area (Å²) in [5.74, 6) is -0.791. The molecule has 2 rings (SSSR count). The Morgan fingerprint density at radius 2 is 2.31 bits per heavy atom. The molecule has 0 saturated heterocycles. The molecule has 0 saturated carbocycles. The quantitative estimate of drug-likeness (QED) is 0.588. The van der Waals surface area contributed by atoms with Crippen molar-refractivity contribution in [1.82, 2.24) is 9.55 Å². The first kappa shape index (κ1) is 10.3. The lowest BCUT2D eigenvalue weighted by Crippen LogP contribution is -2.02. The summed E-state index contributed by atoms with van der Waals surface area (Å²) >= 11 is 0. The summed E-state index contributed by atoms with van der Waals surface area (Å²) < 4.78 is 15.3. The molecule has 82 valence electrons. The van der Waals surface area contributed by atoms with Crippen LogP contribution in [0.4, 0.5) is 10.1 Å². The highest BCUT2D eigenvalue weighted by molar-refractivity contribution is 5.36. The van der Waals surface area contributed by atoms with Gasteiger partial charge >= 0.3 is 5.69 Å². The molecule has 5 nitrogen and oxygen atoms in total. The van der Waals surface area contributed by atoms with E-state index in [1.807, 2.05) is 0 Å². The first-order chi connectivity index (χ1) is 7.68. The molecule has 0 N–H and O–H groups in total. The van der Waals surface area contributed by atoms with Gasteiger partial charge < -0.3 is 4.57 Å². The van der Waals surface area contributed by atoms with E-state index in [-0.39, 0.29) is 12.1 Å². The number of nitrogens with zero attached hydrogens (tertiary/aromatic N) is 3. The molecule has 0 aliphatic rings. The Balaban J connectivity index is 2.35. The minimum absolute atomic E-state index is 0.230. The van der Waals surface area contributed by atoms with Crippen LogP contribution in [-0.2, 0) is 6.54 Å². The van der Waals surface area contributed by atoms with Crippen LogP contribution in [0.25, 0.3) is 0 Å². The molecule has 2 aromatic rings. The van der Waals surface area contributed by atoms with E-state index in [1.165, 1.54) is 18.5 Å². The second-order valence-electron chi connectivity index (χ2n) is 3.24. The molecule has 0 unspecified atom stereocenters. The number of nitro groups is 1. The SMILES string of the molecule is O=[N+]([O-])c1cccc(Cn2ccnc2)c1F. The molecule has 0 radical (unpaired) electrons. The molecule has 0 spiro atoms. The molecule has 1 aromatic carbocycles. The fourth-order valence-electron chi connectivity index (χ4n) is 1.41. The monoisotopic (exact) mass is 221 g/mol. The van der Waals surface area contributed by atoms with Crippen molar-refractivity contribution < 1.29 is 9.31 Å². The number of hydrogen-bond donors (Lipinski definition) is 0. The molecular weight excluding hydrogens is 213 g/mol. The zero-order valence-corrected chi connectivity index (χ0v) is 8.21. The predicted molar refractivity (Wildman–Crippen MR) is 54.4 cm³/mol. The predicted octanol–water partition coefficient (Wildman–Crippen LogP) is 1.98. The van der Waals surface area contributed by atoms with Crippen molar-refractivity contribution in [3.8, 4) is 0 Å². The van der Waals surface area contributed by atoms with E-state index in [1.54, 1.807) is 17.0 Å². The summed E-state index contributed by atoms with van der Waals surface area (Å²) in [6, 6.07) is 4.13. The van der Waals surface area contributed by atoms with Crippen LogP contribution >= 0.6 is 0 Å². The molecule has 6 heteroatoms. The van der Waals surface area contributed by atoms with Gasteiger partial charge in [0.15, 0.2) is 0 Å². The zero-order chi connectivity index (χ0) is 11.5. The van der Waals surface area contributed by atoms with Gasteiger partial charge in [0.25, 0.3) is 0 Å². The lowest BCUT2D eigenvalue weighted by atomic mass is 10.2. The maximum atomic E-state index is 13.6. The van der Waals surface area contributed by atoms with E-state index in [4.69, 9.17) is 0 Å². The van der Waals surface area contributed by atoms with Gasteiger partial charge in [-0.25, -0.2) is 4.98 Å². The molecule has 0 aliphatic heterocycles. The second-order valence-corrected chi connectivity index (χ2v) is 3.24. The van der Waals surface area contributed by atoms with Crippen LogP contribution < -0.4 is 0 Å². The van der Waals surface area contributed by atoms with Crippen LogP contribution in [0, 0.1) is 15.9 Å². The molecule has 0 fully saturated rings. The highest BCUT2D eigenvalue weighted by atomic mass is 19.1. The number of hydrogen-bond acceptors (Lipinski definition) is 3. The highest BCUT2D eigenvalue weighted by Gasteiger charge is 2.16. The maximum Gasteiger partial charge on any atom is 0.305 e. The largest absolute Gasteiger partial charge is 0.333 e. The number of rotatable bonds is 3. The summed E-state index contributed by atoms with van der Waals surface area (Å²) in [7, 11) is 0. The average molecular weight is 221 g/mol. The molecule has 0 aliphatic carbocycles. The molecule has 1 aromatic heterocycles. The van der Waals surface area contributed by atoms with Gasteiger partial charge in [-0.1, -0.05) is 12.1 Å². The van der Waals surface area contributed by atoms with E-state index in [9.17, 15) is 14.5 Å². The average Bonchev–Trinajstić information content (AvgIpc) is 2.73. The topological polar surface area (TPSA) is 61.0 Å². The Bertz CT molecular complexity index is 511. The minimum Gasteiger partial charge on any atom is -0.333 e. The maximum absolute atomic E-state index is 13.6. The van der Waals surface area contributed by atoms with Gasteiger partial charge in [-0.3, -0.25) is 10.1 Å². The van der Waals surface area contributed by atoms with Crippen molar-refractivity contribution >= 4 is 5.69 Å². The Kier molecular flexibility index (Phi) is 2.63. The summed E-state index contributed by atoms with van der Waals surface area (Å²) in [5, 5.41) is 10.5. The van der Waals surface area contributed by atoms with E-state index in [0.717, 1.165) is 6.07 Å². The van der Waals surface area contributed by atoms with Crippen molar-refractivity contribution in [1.29, 1.82) is 0 Å². The Hall–Kier alpha value is -2.24. The van der Waals surface area contributed by atoms with Crippen LogP contribution in [0.5, 0.6) is 0 Å². The van der Waals surface area contributed by atoms with E-state index >= 15 is 0 Å². The third-order valence-corrected chi connectivity index (χ3v) is 2.17. The lowest BCUT2D eigenvalue weighted by Gasteiger charge is -2.03. The standard InChI is InChI=1S/C10H8FN3O2/c11-10-8(6-13-5-4-12-7-13)2-1-3-9(10)14(15)16/h1-5,7H,6H2. The van der Waals surface area contributed by atoms with Crippen LogP contribution in [-0.4, -0.2) is 14.5 Å². The van der Waals surface area contributed by atoms with Crippen molar-refractivity contribution in [2.75, 3.05) is 0 Å². The van der Waals surface area contributed by atoms with E-state index in [0.29, 0.717) is 0 Å². The highest BCUT2D eigenvalue weighted by Crippen LogP contribution is 2.20. The number of imidazole rings is 1. The van der Waals surface area contributed by atoms with Gasteiger partial charge in [0, 0.05) is 24.0 Å². The lowest BCUT2D eigenvalue weighted by molar-refractivity contribution is -0.387. The molecular formula is C10H8FN3O2. The number of nitro benzene ring substituents is 1. The third-order valence-electron chi connectivity index (χ3n) is 2.17. The summed E-state index contributed by atoms with van der Waals surface area (Å²) in [4.78, 5) is 13.6. The van der Waals surface area contributed by atoms with Crippen LogP contribution in [0.15, 0.2) is 36.9 Å². The van der Waals surface area contributed by atoms with Crippen molar-refractivity contribution in [2.45, 2.75) is 6.54 Å². The summed E-state index contributed by atoms with van der Waals surface area (Å²) in [6.45, 7) is 0.230. The van der Waals surface area contributed by atoms with Crippen LogP contribution in [0.2, 0.25) is 0 Å². The molecule has 0 atom stereocenters. The zero-order valence-electron chi connectivity index (χ0n) is 8.21. The molecule has 0 amide bonds. The number of aromatic nitrogens is 2. The normalized spacial score (nSPS) is 10.3. The van der Waals surface area contributed by atoms with Gasteiger partial charge in [-0.15, -0.1) is 0 Å². The van der Waals surface area contributed by atoms with Crippen LogP contribution in [0.1, 0.15) is 5.56 Å². The van der Waals surface area contributed by atoms with E-state index < -0.39 is 16.4 Å². The minimum atomic E-state index is -0.791. The number of halogens is 1. The Morgan fingerprint density at radius 1 is 1.50 bits per heavy atom. The van der Waals surface area contributed by atoms with E-state index in [2.05, 4.69) is 4.98 Å².